The number of nitrogens with one attached hydrogen (secondary N) is 1. The number of nitriles is 1. The van der Waals surface area contributed by atoms with Crippen LogP contribution < -0.4 is 4.74 Å². The van der Waals surface area contributed by atoms with E-state index in [0.717, 1.165) is 0 Å². The topological polar surface area (TPSA) is 78.8 Å². The monoisotopic (exact) mass is 177 g/mol. The van der Waals surface area contributed by atoms with E-state index in [0.29, 0.717) is 5.69 Å². The average molecular weight is 177 g/mol. The summed E-state index contributed by atoms with van der Waals surface area (Å²) in [6, 6.07) is 1.96. The molecule has 0 amide bonds. The molecule has 1 aromatic heterocycles. The van der Waals surface area contributed by atoms with Gasteiger partial charge >= 0.3 is 12.0 Å². The highest BCUT2D eigenvalue weighted by atomic mass is 16.5. The van der Waals surface area contributed by atoms with Crippen molar-refractivity contribution in [1.29, 1.82) is 5.26 Å². The summed E-state index contributed by atoms with van der Waals surface area (Å²) < 4.78 is 4.65. The first-order valence-corrected chi connectivity index (χ1v) is 3.52. The average Bonchev–Trinajstić information content (AvgIpc) is 2.48. The van der Waals surface area contributed by atoms with Gasteiger partial charge in [-0.1, -0.05) is 0 Å². The minimum atomic E-state index is -0.440. The second-order valence-corrected chi connectivity index (χ2v) is 2.20. The fourth-order valence-electron chi connectivity index (χ4n) is 0.716. The van der Waals surface area contributed by atoms with Gasteiger partial charge in [-0.15, -0.1) is 0 Å². The lowest BCUT2D eigenvalue weighted by Gasteiger charge is -1.92. The Hall–Kier alpha value is -2.09. The fraction of sp³-hybridized carbons (Fsp3) is 0.125. The predicted octanol–water partition coefficient (Wildman–Crippen LogP) is 0.872. The van der Waals surface area contributed by atoms with Crippen LogP contribution in [0.1, 0.15) is 12.6 Å². The highest BCUT2D eigenvalue weighted by Gasteiger charge is 2.00. The minimum absolute atomic E-state index is 0.130. The van der Waals surface area contributed by atoms with Gasteiger partial charge in [0.25, 0.3) is 0 Å². The van der Waals surface area contributed by atoms with Crippen molar-refractivity contribution in [1.82, 2.24) is 9.97 Å². The molecule has 1 N–H and O–H groups in total. The Balaban J connectivity index is 2.70. The smallest absolute Gasteiger partial charge is 0.310 e. The summed E-state index contributed by atoms with van der Waals surface area (Å²) in [6.45, 7) is 1.29. The second-order valence-electron chi connectivity index (χ2n) is 2.20. The molecule has 0 aliphatic heterocycles. The largest absolute Gasteiger partial charge is 0.392 e. The van der Waals surface area contributed by atoms with Crippen LogP contribution in [-0.2, 0) is 4.79 Å². The van der Waals surface area contributed by atoms with Crippen LogP contribution >= 0.6 is 0 Å². The quantitative estimate of drug-likeness (QED) is 0.537. The summed E-state index contributed by atoms with van der Waals surface area (Å²) in [6.07, 6.45) is 4.29. The normalized spacial score (nSPS) is 9.85. The molecule has 0 radical (unpaired) electrons. The van der Waals surface area contributed by atoms with Crippen LogP contribution in [0.4, 0.5) is 0 Å². The molecular formula is C8H7N3O2. The van der Waals surface area contributed by atoms with Crippen molar-refractivity contribution >= 4 is 12.0 Å². The number of allylic oxidation sites excluding steroid dienone is 1. The molecule has 0 aliphatic carbocycles. The SMILES string of the molecule is CC(=O)Oc1ncc(C=CC#N)[nH]1. The van der Waals surface area contributed by atoms with Gasteiger partial charge in [0.1, 0.15) is 0 Å². The maximum Gasteiger partial charge on any atom is 0.310 e. The van der Waals surface area contributed by atoms with E-state index in [1.807, 2.05) is 6.07 Å². The molecule has 66 valence electrons. The molecule has 0 aromatic carbocycles. The Morgan fingerprint density at radius 1 is 1.85 bits per heavy atom. The van der Waals surface area contributed by atoms with Gasteiger partial charge < -0.3 is 9.72 Å². The number of nitrogens with zero attached hydrogens (tertiary/aromatic N) is 2. The van der Waals surface area contributed by atoms with E-state index >= 15 is 0 Å². The number of aromatic amines is 1. The number of esters is 1. The van der Waals surface area contributed by atoms with Crippen molar-refractivity contribution < 1.29 is 9.53 Å². The molecule has 0 spiro atoms. The summed E-state index contributed by atoms with van der Waals surface area (Å²) >= 11 is 0. The number of aromatic nitrogens is 2. The molecule has 0 aliphatic rings. The van der Waals surface area contributed by atoms with Gasteiger partial charge in [-0.2, -0.15) is 5.26 Å². The molecule has 0 atom stereocenters. The molecule has 5 heteroatoms. The first-order valence-electron chi connectivity index (χ1n) is 3.52. The number of imidazole rings is 1. The van der Waals surface area contributed by atoms with E-state index < -0.39 is 5.97 Å². The number of hydrogen-bond donors (Lipinski definition) is 1. The Kier molecular flexibility index (Phi) is 2.82. The summed E-state index contributed by atoms with van der Waals surface area (Å²) in [5.41, 5.74) is 0.609. The van der Waals surface area contributed by atoms with E-state index in [2.05, 4.69) is 14.7 Å². The third-order valence-corrected chi connectivity index (χ3v) is 1.15. The van der Waals surface area contributed by atoms with Crippen LogP contribution in [0.2, 0.25) is 0 Å². The molecule has 0 saturated carbocycles. The van der Waals surface area contributed by atoms with E-state index in [1.165, 1.54) is 25.3 Å². The Morgan fingerprint density at radius 2 is 2.62 bits per heavy atom. The van der Waals surface area contributed by atoms with Crippen molar-refractivity contribution in [2.75, 3.05) is 0 Å². The van der Waals surface area contributed by atoms with Crippen molar-refractivity contribution in [3.05, 3.63) is 18.0 Å². The molecule has 13 heavy (non-hydrogen) atoms. The number of hydrogen-bond acceptors (Lipinski definition) is 4. The summed E-state index contributed by atoms with van der Waals surface area (Å²) in [7, 11) is 0. The fourth-order valence-corrected chi connectivity index (χ4v) is 0.716. The van der Waals surface area contributed by atoms with Gasteiger partial charge in [0.05, 0.1) is 18.0 Å². The van der Waals surface area contributed by atoms with E-state index in [-0.39, 0.29) is 6.01 Å². The summed E-state index contributed by atoms with van der Waals surface area (Å²) in [5.74, 6) is -0.440. The van der Waals surface area contributed by atoms with E-state index in [1.54, 1.807) is 0 Å². The number of rotatable bonds is 2. The zero-order valence-corrected chi connectivity index (χ0v) is 6.94. The molecule has 0 bridgehead atoms. The Morgan fingerprint density at radius 3 is 3.23 bits per heavy atom. The zero-order valence-electron chi connectivity index (χ0n) is 6.94. The molecule has 1 aromatic rings. The first kappa shape index (κ1) is 9.00. The summed E-state index contributed by atoms with van der Waals surface area (Å²) in [4.78, 5) is 16.9. The lowest BCUT2D eigenvalue weighted by Crippen LogP contribution is -2.02. The molecular weight excluding hydrogens is 170 g/mol. The van der Waals surface area contributed by atoms with Crippen molar-refractivity contribution in [2.24, 2.45) is 0 Å². The molecule has 1 rings (SSSR count). The third kappa shape index (κ3) is 2.79. The van der Waals surface area contributed by atoms with Crippen LogP contribution in [0.5, 0.6) is 6.01 Å². The summed E-state index contributed by atoms with van der Waals surface area (Å²) in [5, 5.41) is 8.22. The van der Waals surface area contributed by atoms with Crippen LogP contribution in [0.15, 0.2) is 12.3 Å². The van der Waals surface area contributed by atoms with Crippen molar-refractivity contribution in [2.45, 2.75) is 6.92 Å². The maximum absolute atomic E-state index is 10.5. The number of H-pyrrole nitrogens is 1. The van der Waals surface area contributed by atoms with Gasteiger partial charge in [0.2, 0.25) is 0 Å². The minimum Gasteiger partial charge on any atom is -0.392 e. The predicted molar refractivity (Wildman–Crippen MR) is 44.5 cm³/mol. The number of carbonyl (C=O) groups is 1. The van der Waals surface area contributed by atoms with Crippen molar-refractivity contribution in [3.63, 3.8) is 0 Å². The lowest BCUT2D eigenvalue weighted by molar-refractivity contribution is -0.132. The van der Waals surface area contributed by atoms with Gasteiger partial charge in [-0.25, -0.2) is 4.98 Å². The van der Waals surface area contributed by atoms with Crippen LogP contribution in [0, 0.1) is 11.3 Å². The lowest BCUT2D eigenvalue weighted by atomic mass is 10.4. The Bertz CT molecular complexity index is 373. The first-order chi connectivity index (χ1) is 6.22. The Labute approximate surface area is 74.7 Å². The van der Waals surface area contributed by atoms with Crippen LogP contribution in [0.3, 0.4) is 0 Å². The van der Waals surface area contributed by atoms with Crippen molar-refractivity contribution in [3.8, 4) is 12.1 Å². The van der Waals surface area contributed by atoms with Crippen LogP contribution in [-0.4, -0.2) is 15.9 Å². The van der Waals surface area contributed by atoms with Gasteiger partial charge in [0, 0.05) is 13.0 Å². The van der Waals surface area contributed by atoms with Gasteiger partial charge in [0.15, 0.2) is 0 Å². The highest BCUT2D eigenvalue weighted by molar-refractivity contribution is 5.68. The van der Waals surface area contributed by atoms with E-state index in [4.69, 9.17) is 5.26 Å². The molecule has 0 unspecified atom stereocenters. The molecule has 5 nitrogen and oxygen atoms in total. The van der Waals surface area contributed by atoms with E-state index in [9.17, 15) is 4.79 Å². The van der Waals surface area contributed by atoms with Gasteiger partial charge in [-0.3, -0.25) is 4.79 Å². The maximum atomic E-state index is 10.5. The number of ether oxygens (including phenoxy) is 1. The second kappa shape index (κ2) is 4.07. The highest BCUT2D eigenvalue weighted by Crippen LogP contribution is 2.06. The molecule has 1 heterocycles. The zero-order chi connectivity index (χ0) is 9.68. The molecule has 0 saturated heterocycles. The third-order valence-electron chi connectivity index (χ3n) is 1.15. The standard InChI is InChI=1S/C8H7N3O2/c1-6(12)13-8-10-5-7(11-8)3-2-4-9/h2-3,5H,1H3,(H,10,11). The molecule has 0 fully saturated rings. The van der Waals surface area contributed by atoms with Crippen LogP contribution in [0.25, 0.3) is 6.08 Å². The number of carbonyl (C=O) groups excluding carboxylic acids is 1. The van der Waals surface area contributed by atoms with Gasteiger partial charge in [-0.05, 0) is 6.08 Å².